The number of para-hydroxylation sites is 1. The fraction of sp³-hybridized carbons (Fsp3) is 0.308. The lowest BCUT2D eigenvalue weighted by atomic mass is 9.86. The maximum absolute atomic E-state index is 6.35. The Morgan fingerprint density at radius 1 is 1.12 bits per heavy atom. The molecule has 8 nitrogen and oxygen atoms in total. The molecule has 3 heterocycles. The Bertz CT molecular complexity index is 1460. The fourth-order valence-corrected chi connectivity index (χ4v) is 4.75. The van der Waals surface area contributed by atoms with E-state index in [1.807, 2.05) is 49.5 Å². The van der Waals surface area contributed by atoms with Gasteiger partial charge in [-0.15, -0.1) is 0 Å². The van der Waals surface area contributed by atoms with Crippen LogP contribution in [0.3, 0.4) is 0 Å². The maximum Gasteiger partial charge on any atom is 0.123 e. The van der Waals surface area contributed by atoms with Crippen LogP contribution in [-0.2, 0) is 0 Å². The third-order valence-corrected chi connectivity index (χ3v) is 6.88. The molecule has 0 aliphatic heterocycles. The van der Waals surface area contributed by atoms with Gasteiger partial charge >= 0.3 is 0 Å². The largest absolute Gasteiger partial charge is 0.486 e. The molecule has 1 atom stereocenters. The van der Waals surface area contributed by atoms with Gasteiger partial charge in [-0.2, -0.15) is 10.2 Å². The number of hydrogen-bond acceptors (Lipinski definition) is 6. The Labute approximate surface area is 197 Å². The van der Waals surface area contributed by atoms with Crippen molar-refractivity contribution in [1.82, 2.24) is 34.8 Å². The molecule has 0 spiro atoms. The molecule has 6 rings (SSSR count). The van der Waals surface area contributed by atoms with Gasteiger partial charge in [0.1, 0.15) is 17.5 Å². The molecule has 34 heavy (non-hydrogen) atoms. The topological polar surface area (TPSA) is 84.8 Å². The number of rotatable bonds is 6. The van der Waals surface area contributed by atoms with E-state index in [4.69, 9.17) is 4.74 Å². The van der Waals surface area contributed by atoms with Crippen LogP contribution in [0.1, 0.15) is 37.5 Å². The van der Waals surface area contributed by atoms with Crippen molar-refractivity contribution in [2.75, 3.05) is 14.1 Å². The number of fused-ring (bicyclic) bond motifs is 2. The Hall–Kier alpha value is -3.78. The zero-order chi connectivity index (χ0) is 23.2. The molecule has 1 fully saturated rings. The molecule has 0 bridgehead atoms. The van der Waals surface area contributed by atoms with Crippen molar-refractivity contribution < 1.29 is 4.74 Å². The number of ether oxygens (including phenoxy) is 1. The Kier molecular flexibility index (Phi) is 5.03. The molecule has 5 aromatic rings. The molecule has 0 radical (unpaired) electrons. The molecule has 1 aliphatic carbocycles. The summed E-state index contributed by atoms with van der Waals surface area (Å²) in [6.07, 6.45) is 9.51. The van der Waals surface area contributed by atoms with Gasteiger partial charge in [-0.05, 0) is 58.1 Å². The van der Waals surface area contributed by atoms with Gasteiger partial charge in [0.05, 0.1) is 28.8 Å². The molecule has 3 aromatic heterocycles. The van der Waals surface area contributed by atoms with Crippen LogP contribution in [0.15, 0.2) is 61.2 Å². The molecular weight excluding hydrogens is 426 g/mol. The summed E-state index contributed by atoms with van der Waals surface area (Å²) in [4.78, 5) is 11.2. The second-order valence-electron chi connectivity index (χ2n) is 9.26. The molecule has 2 aromatic carbocycles. The van der Waals surface area contributed by atoms with Crippen molar-refractivity contribution in [1.29, 1.82) is 0 Å². The van der Waals surface area contributed by atoms with E-state index in [1.54, 1.807) is 12.4 Å². The van der Waals surface area contributed by atoms with Crippen LogP contribution in [0.5, 0.6) is 5.75 Å². The van der Waals surface area contributed by atoms with Crippen molar-refractivity contribution in [3.63, 3.8) is 0 Å². The average Bonchev–Trinajstić information content (AvgIpc) is 3.44. The Balaban J connectivity index is 1.26. The summed E-state index contributed by atoms with van der Waals surface area (Å²) in [6.45, 7) is 2.04. The monoisotopic (exact) mass is 453 g/mol. The van der Waals surface area contributed by atoms with E-state index in [-0.39, 0.29) is 6.10 Å². The number of H-pyrrole nitrogens is 1. The highest BCUT2D eigenvalue weighted by Crippen LogP contribution is 2.36. The quantitative estimate of drug-likeness (QED) is 0.398. The highest BCUT2D eigenvalue weighted by atomic mass is 16.5. The van der Waals surface area contributed by atoms with Gasteiger partial charge in [0, 0.05) is 41.1 Å². The van der Waals surface area contributed by atoms with Gasteiger partial charge in [0.15, 0.2) is 0 Å². The second-order valence-corrected chi connectivity index (χ2v) is 9.26. The van der Waals surface area contributed by atoms with Crippen LogP contribution in [0.25, 0.3) is 33.2 Å². The summed E-state index contributed by atoms with van der Waals surface area (Å²) in [5.74, 6) is 0.781. The summed E-state index contributed by atoms with van der Waals surface area (Å²) in [7, 11) is 4.28. The highest BCUT2D eigenvalue weighted by molar-refractivity contribution is 5.93. The van der Waals surface area contributed by atoms with Crippen molar-refractivity contribution in [2.24, 2.45) is 0 Å². The van der Waals surface area contributed by atoms with E-state index >= 15 is 0 Å². The first kappa shape index (κ1) is 20.8. The van der Waals surface area contributed by atoms with E-state index in [1.165, 1.54) is 0 Å². The number of nitrogens with one attached hydrogen (secondary N) is 1. The first-order valence-corrected chi connectivity index (χ1v) is 11.6. The molecule has 1 N–H and O–H groups in total. The summed E-state index contributed by atoms with van der Waals surface area (Å²) in [5.41, 5.74) is 5.60. The lowest BCUT2D eigenvalue weighted by molar-refractivity contribution is 0.121. The number of nitrogens with zero attached hydrogens (tertiary/aromatic N) is 6. The SMILES string of the molecule is CC(Oc1ccc2[nH]nc(-c3cnn(C4CC(N(C)C)C4)c3)c2c1)c1cccc2nccnc12. The standard InChI is InChI=1S/C26H27N7O/c1-16(21-5-4-6-24-26(21)28-10-9-27-24)34-20-7-8-23-22(13-20)25(31-30-23)17-14-29-33(15-17)19-11-18(12-19)32(2)3/h4-10,13-16,18-19H,11-12H2,1-3H3,(H,30,31). The lowest BCUT2D eigenvalue weighted by Gasteiger charge is -2.39. The first-order valence-electron chi connectivity index (χ1n) is 11.6. The molecule has 0 amide bonds. The molecule has 172 valence electrons. The third-order valence-electron chi connectivity index (χ3n) is 6.88. The fourth-order valence-electron chi connectivity index (χ4n) is 4.75. The van der Waals surface area contributed by atoms with Gasteiger partial charge in [-0.25, -0.2) is 0 Å². The van der Waals surface area contributed by atoms with Gasteiger partial charge in [0.25, 0.3) is 0 Å². The number of benzene rings is 2. The van der Waals surface area contributed by atoms with Crippen LogP contribution >= 0.6 is 0 Å². The normalized spacial score (nSPS) is 18.9. The van der Waals surface area contributed by atoms with Crippen LogP contribution in [0.4, 0.5) is 0 Å². The zero-order valence-corrected chi connectivity index (χ0v) is 19.5. The van der Waals surface area contributed by atoms with Crippen LogP contribution in [-0.4, -0.2) is 55.0 Å². The summed E-state index contributed by atoms with van der Waals surface area (Å²) in [5, 5.41) is 13.4. The number of aromatic amines is 1. The first-order chi connectivity index (χ1) is 16.6. The molecular formula is C26H27N7O. The summed E-state index contributed by atoms with van der Waals surface area (Å²) in [6, 6.07) is 13.1. The predicted molar refractivity (Wildman–Crippen MR) is 132 cm³/mol. The minimum absolute atomic E-state index is 0.181. The second kappa shape index (κ2) is 8.22. The van der Waals surface area contributed by atoms with Crippen LogP contribution < -0.4 is 4.74 Å². The number of hydrogen-bond donors (Lipinski definition) is 1. The zero-order valence-electron chi connectivity index (χ0n) is 19.5. The van der Waals surface area contributed by atoms with Gasteiger partial charge in [-0.3, -0.25) is 19.7 Å². The van der Waals surface area contributed by atoms with Crippen molar-refractivity contribution in [3.8, 4) is 17.0 Å². The number of aromatic nitrogens is 6. The van der Waals surface area contributed by atoms with Crippen molar-refractivity contribution >= 4 is 21.9 Å². The Morgan fingerprint density at radius 2 is 1.97 bits per heavy atom. The molecule has 0 saturated heterocycles. The van der Waals surface area contributed by atoms with Crippen molar-refractivity contribution in [3.05, 3.63) is 66.7 Å². The van der Waals surface area contributed by atoms with Gasteiger partial charge < -0.3 is 9.64 Å². The molecule has 1 unspecified atom stereocenters. The maximum atomic E-state index is 6.35. The third kappa shape index (κ3) is 3.60. The van der Waals surface area contributed by atoms with Gasteiger partial charge in [-0.1, -0.05) is 12.1 Å². The van der Waals surface area contributed by atoms with E-state index in [0.717, 1.165) is 57.3 Å². The molecule has 1 saturated carbocycles. The summed E-state index contributed by atoms with van der Waals surface area (Å²) < 4.78 is 8.43. The van der Waals surface area contributed by atoms with E-state index < -0.39 is 0 Å². The van der Waals surface area contributed by atoms with Crippen LogP contribution in [0.2, 0.25) is 0 Å². The predicted octanol–water partition coefficient (Wildman–Crippen LogP) is 4.77. The molecule has 8 heteroatoms. The lowest BCUT2D eigenvalue weighted by Crippen LogP contribution is -2.41. The Morgan fingerprint density at radius 3 is 2.82 bits per heavy atom. The average molecular weight is 454 g/mol. The summed E-state index contributed by atoms with van der Waals surface area (Å²) >= 11 is 0. The van der Waals surface area contributed by atoms with E-state index in [0.29, 0.717) is 12.1 Å². The van der Waals surface area contributed by atoms with Crippen molar-refractivity contribution in [2.45, 2.75) is 38.0 Å². The van der Waals surface area contributed by atoms with E-state index in [2.05, 4.69) is 55.1 Å². The van der Waals surface area contributed by atoms with E-state index in [9.17, 15) is 0 Å². The highest BCUT2D eigenvalue weighted by Gasteiger charge is 2.32. The van der Waals surface area contributed by atoms with Crippen LogP contribution in [0, 0.1) is 0 Å². The molecule has 1 aliphatic rings. The minimum Gasteiger partial charge on any atom is -0.486 e. The minimum atomic E-state index is -0.181. The smallest absolute Gasteiger partial charge is 0.123 e. The van der Waals surface area contributed by atoms with Gasteiger partial charge in [0.2, 0.25) is 0 Å².